The van der Waals surface area contributed by atoms with Crippen LogP contribution in [0.5, 0.6) is 0 Å². The van der Waals surface area contributed by atoms with Gasteiger partial charge in [-0.15, -0.1) is 0 Å². The Balaban J connectivity index is 2.27. The van der Waals surface area contributed by atoms with Crippen molar-refractivity contribution in [3.05, 3.63) is 52.8 Å². The van der Waals surface area contributed by atoms with Crippen molar-refractivity contribution in [2.24, 2.45) is 0 Å². The molecule has 0 saturated heterocycles. The van der Waals surface area contributed by atoms with Crippen LogP contribution < -0.4 is 5.32 Å². The lowest BCUT2D eigenvalue weighted by Crippen LogP contribution is -2.15. The fourth-order valence-corrected chi connectivity index (χ4v) is 1.40. The SMILES string of the molecule is O=C(Nc1cc(F)c(F)cc1F)c1cncc(Cl)n1. The Bertz CT molecular complexity index is 651. The number of hydrogen-bond acceptors (Lipinski definition) is 3. The van der Waals surface area contributed by atoms with Crippen LogP contribution in [0.3, 0.4) is 0 Å². The molecule has 4 nitrogen and oxygen atoms in total. The zero-order chi connectivity index (χ0) is 14.0. The molecule has 0 atom stereocenters. The third-order valence-corrected chi connectivity index (χ3v) is 2.28. The Morgan fingerprint density at radius 2 is 1.79 bits per heavy atom. The Morgan fingerprint density at radius 3 is 2.47 bits per heavy atom. The van der Waals surface area contributed by atoms with Gasteiger partial charge in [0.05, 0.1) is 18.1 Å². The van der Waals surface area contributed by atoms with E-state index in [0.717, 1.165) is 6.20 Å². The van der Waals surface area contributed by atoms with Crippen molar-refractivity contribution in [3.63, 3.8) is 0 Å². The minimum Gasteiger partial charge on any atom is -0.318 e. The predicted octanol–water partition coefficient (Wildman–Crippen LogP) is 2.80. The molecule has 8 heteroatoms. The van der Waals surface area contributed by atoms with E-state index in [1.807, 2.05) is 5.32 Å². The summed E-state index contributed by atoms with van der Waals surface area (Å²) in [4.78, 5) is 18.9. The lowest BCUT2D eigenvalue weighted by atomic mass is 10.2. The van der Waals surface area contributed by atoms with Gasteiger partial charge in [-0.2, -0.15) is 0 Å². The second kappa shape index (κ2) is 5.23. The summed E-state index contributed by atoms with van der Waals surface area (Å²) in [5.74, 6) is -4.59. The molecule has 0 aliphatic heterocycles. The van der Waals surface area contributed by atoms with Crippen molar-refractivity contribution in [1.29, 1.82) is 0 Å². The summed E-state index contributed by atoms with van der Waals surface area (Å²) in [6.07, 6.45) is 2.30. The van der Waals surface area contributed by atoms with E-state index in [4.69, 9.17) is 11.6 Å². The third kappa shape index (κ3) is 3.00. The topological polar surface area (TPSA) is 54.9 Å². The van der Waals surface area contributed by atoms with Crippen LogP contribution in [0.25, 0.3) is 0 Å². The fraction of sp³-hybridized carbons (Fsp3) is 0. The minimum absolute atomic E-state index is 0.0293. The van der Waals surface area contributed by atoms with Crippen LogP contribution >= 0.6 is 11.6 Å². The highest BCUT2D eigenvalue weighted by Gasteiger charge is 2.14. The molecule has 0 radical (unpaired) electrons. The zero-order valence-corrected chi connectivity index (χ0v) is 9.88. The van der Waals surface area contributed by atoms with Crippen LogP contribution in [0, 0.1) is 17.5 Å². The number of hydrogen-bond donors (Lipinski definition) is 1. The number of nitrogens with zero attached hydrogens (tertiary/aromatic N) is 2. The van der Waals surface area contributed by atoms with Gasteiger partial charge in [0, 0.05) is 12.1 Å². The number of carbonyl (C=O) groups excluding carboxylic acids is 1. The average Bonchev–Trinajstić information content (AvgIpc) is 2.36. The predicted molar refractivity (Wildman–Crippen MR) is 61.3 cm³/mol. The van der Waals surface area contributed by atoms with E-state index < -0.39 is 29.0 Å². The van der Waals surface area contributed by atoms with Crippen molar-refractivity contribution in [2.45, 2.75) is 0 Å². The smallest absolute Gasteiger partial charge is 0.276 e. The van der Waals surface area contributed by atoms with E-state index >= 15 is 0 Å². The van der Waals surface area contributed by atoms with E-state index in [2.05, 4.69) is 9.97 Å². The van der Waals surface area contributed by atoms with E-state index in [-0.39, 0.29) is 10.8 Å². The maximum absolute atomic E-state index is 13.3. The van der Waals surface area contributed by atoms with Crippen molar-refractivity contribution in [1.82, 2.24) is 9.97 Å². The Hall–Kier alpha value is -2.15. The number of halogens is 4. The van der Waals surface area contributed by atoms with Gasteiger partial charge in [0.15, 0.2) is 11.6 Å². The first-order valence-electron chi connectivity index (χ1n) is 4.91. The third-order valence-electron chi connectivity index (χ3n) is 2.10. The summed E-state index contributed by atoms with van der Waals surface area (Å²) in [5.41, 5.74) is -0.692. The number of benzene rings is 1. The molecule has 98 valence electrons. The number of carbonyl (C=O) groups is 1. The summed E-state index contributed by atoms with van der Waals surface area (Å²) >= 11 is 5.53. The number of nitrogens with one attached hydrogen (secondary N) is 1. The van der Waals surface area contributed by atoms with Crippen LogP contribution in [0.1, 0.15) is 10.5 Å². The molecule has 0 fully saturated rings. The molecule has 0 bridgehead atoms. The quantitative estimate of drug-likeness (QED) is 0.864. The molecule has 2 aromatic rings. The highest BCUT2D eigenvalue weighted by atomic mass is 35.5. The van der Waals surface area contributed by atoms with Crippen LogP contribution in [-0.2, 0) is 0 Å². The summed E-state index contributed by atoms with van der Waals surface area (Å²) < 4.78 is 38.9. The molecular weight excluding hydrogens is 283 g/mol. The molecule has 2 rings (SSSR count). The first-order valence-corrected chi connectivity index (χ1v) is 5.28. The summed E-state index contributed by atoms with van der Waals surface area (Å²) in [5, 5.41) is 2.01. The van der Waals surface area contributed by atoms with Gasteiger partial charge in [0.1, 0.15) is 16.7 Å². The maximum atomic E-state index is 13.3. The van der Waals surface area contributed by atoms with Crippen molar-refractivity contribution < 1.29 is 18.0 Å². The first kappa shape index (κ1) is 13.3. The standard InChI is InChI=1S/C11H5ClF3N3O/c12-10-4-16-3-9(17-10)11(19)18-8-2-6(14)5(13)1-7(8)15/h1-4H,(H,18,19). The molecule has 0 aliphatic rings. The molecule has 0 unspecified atom stereocenters. The Morgan fingerprint density at radius 1 is 1.11 bits per heavy atom. The van der Waals surface area contributed by atoms with Crippen LogP contribution in [-0.4, -0.2) is 15.9 Å². The van der Waals surface area contributed by atoms with Gasteiger partial charge in [-0.25, -0.2) is 18.2 Å². The highest BCUT2D eigenvalue weighted by molar-refractivity contribution is 6.29. The van der Waals surface area contributed by atoms with E-state index in [1.54, 1.807) is 0 Å². The molecule has 19 heavy (non-hydrogen) atoms. The van der Waals surface area contributed by atoms with E-state index in [9.17, 15) is 18.0 Å². The largest absolute Gasteiger partial charge is 0.318 e. The van der Waals surface area contributed by atoms with Crippen molar-refractivity contribution >= 4 is 23.2 Å². The molecule has 1 amide bonds. The van der Waals surface area contributed by atoms with E-state index in [0.29, 0.717) is 12.1 Å². The molecule has 0 spiro atoms. The average molecular weight is 288 g/mol. The van der Waals surface area contributed by atoms with Crippen LogP contribution in [0.2, 0.25) is 5.15 Å². The molecule has 1 N–H and O–H groups in total. The lowest BCUT2D eigenvalue weighted by Gasteiger charge is -2.06. The second-order valence-corrected chi connectivity index (χ2v) is 3.81. The van der Waals surface area contributed by atoms with Gasteiger partial charge < -0.3 is 5.32 Å². The zero-order valence-electron chi connectivity index (χ0n) is 9.12. The van der Waals surface area contributed by atoms with Gasteiger partial charge in [-0.1, -0.05) is 11.6 Å². The van der Waals surface area contributed by atoms with E-state index in [1.165, 1.54) is 6.20 Å². The molecule has 1 aromatic carbocycles. The molecule has 0 aliphatic carbocycles. The highest BCUT2D eigenvalue weighted by Crippen LogP contribution is 2.19. The molecule has 1 aromatic heterocycles. The maximum Gasteiger partial charge on any atom is 0.276 e. The summed E-state index contributed by atoms with van der Waals surface area (Å²) in [6.45, 7) is 0. The number of anilines is 1. The van der Waals surface area contributed by atoms with Gasteiger partial charge >= 0.3 is 0 Å². The fourth-order valence-electron chi connectivity index (χ4n) is 1.26. The monoisotopic (exact) mass is 287 g/mol. The van der Waals surface area contributed by atoms with Gasteiger partial charge in [-0.05, 0) is 0 Å². The molecule has 1 heterocycles. The molecular formula is C11H5ClF3N3O. The number of aromatic nitrogens is 2. The normalized spacial score (nSPS) is 10.3. The van der Waals surface area contributed by atoms with Crippen molar-refractivity contribution in [3.8, 4) is 0 Å². The lowest BCUT2D eigenvalue weighted by molar-refractivity contribution is 0.102. The first-order chi connectivity index (χ1) is 8.97. The Labute approximate surface area is 110 Å². The summed E-state index contributed by atoms with van der Waals surface area (Å²) in [7, 11) is 0. The van der Waals surface area contributed by atoms with Gasteiger partial charge in [-0.3, -0.25) is 9.78 Å². The number of amides is 1. The van der Waals surface area contributed by atoms with Crippen LogP contribution in [0.15, 0.2) is 24.5 Å². The number of rotatable bonds is 2. The Kier molecular flexibility index (Phi) is 3.66. The minimum atomic E-state index is -1.35. The van der Waals surface area contributed by atoms with Crippen LogP contribution in [0.4, 0.5) is 18.9 Å². The van der Waals surface area contributed by atoms with Gasteiger partial charge in [0.25, 0.3) is 5.91 Å². The van der Waals surface area contributed by atoms with Gasteiger partial charge in [0.2, 0.25) is 0 Å². The molecule has 0 saturated carbocycles. The summed E-state index contributed by atoms with van der Waals surface area (Å²) in [6, 6.07) is 0.856. The van der Waals surface area contributed by atoms with Crippen molar-refractivity contribution in [2.75, 3.05) is 5.32 Å². The second-order valence-electron chi connectivity index (χ2n) is 3.43.